The van der Waals surface area contributed by atoms with Gasteiger partial charge in [0.05, 0.1) is 11.5 Å². The summed E-state index contributed by atoms with van der Waals surface area (Å²) in [6, 6.07) is 10.2. The maximum atomic E-state index is 11.7. The number of hydrogen-bond donors (Lipinski definition) is 1. The molecule has 7 heteroatoms. The topological polar surface area (TPSA) is 75.2 Å². The fourth-order valence-corrected chi connectivity index (χ4v) is 4.58. The predicted molar refractivity (Wildman–Crippen MR) is 96.0 cm³/mol. The van der Waals surface area contributed by atoms with Crippen LogP contribution in [0.3, 0.4) is 0 Å². The molecule has 3 rings (SSSR count). The van der Waals surface area contributed by atoms with E-state index in [1.165, 1.54) is 17.5 Å². The van der Waals surface area contributed by atoms with Gasteiger partial charge in [0.2, 0.25) is 0 Å². The van der Waals surface area contributed by atoms with Crippen molar-refractivity contribution in [2.75, 3.05) is 28.8 Å². The molecule has 128 valence electrons. The second-order valence-corrected chi connectivity index (χ2v) is 8.50. The number of aromatic nitrogens is 2. The smallest absolute Gasteiger partial charge is 0.152 e. The Hall–Kier alpha value is -2.15. The van der Waals surface area contributed by atoms with Crippen molar-refractivity contribution in [1.29, 1.82) is 0 Å². The highest BCUT2D eigenvalue weighted by Crippen LogP contribution is 2.22. The number of hydrogen-bond acceptors (Lipinski definition) is 6. The third-order valence-electron chi connectivity index (χ3n) is 4.36. The Kier molecular flexibility index (Phi) is 4.71. The Bertz CT molecular complexity index is 806. The van der Waals surface area contributed by atoms with Crippen LogP contribution in [0.25, 0.3) is 0 Å². The van der Waals surface area contributed by atoms with Crippen molar-refractivity contribution in [1.82, 2.24) is 9.97 Å². The number of anilines is 2. The number of nitrogens with one attached hydrogen (secondary N) is 1. The molecule has 1 unspecified atom stereocenters. The van der Waals surface area contributed by atoms with E-state index >= 15 is 0 Å². The van der Waals surface area contributed by atoms with Crippen molar-refractivity contribution in [3.63, 3.8) is 0 Å². The summed E-state index contributed by atoms with van der Waals surface area (Å²) in [6.45, 7) is 2.74. The first-order chi connectivity index (χ1) is 11.4. The van der Waals surface area contributed by atoms with E-state index in [0.717, 1.165) is 11.6 Å². The van der Waals surface area contributed by atoms with Crippen molar-refractivity contribution in [3.05, 3.63) is 47.8 Å². The highest BCUT2D eigenvalue weighted by Gasteiger charge is 2.31. The number of aryl methyl sites for hydroxylation is 1. The first-order valence-corrected chi connectivity index (χ1v) is 9.80. The summed E-state index contributed by atoms with van der Waals surface area (Å²) >= 11 is 0. The minimum absolute atomic E-state index is 0.0187. The standard InChI is InChI=1S/C17H22N4O2S/c1-13-3-5-14(6-4-13)10-18-16-9-17(20-12-19-16)21(2)15-7-8-24(22,23)11-15/h3-6,9,12,15H,7-8,10-11H2,1-2H3,(H,18,19,20). The van der Waals surface area contributed by atoms with Crippen LogP contribution >= 0.6 is 0 Å². The highest BCUT2D eigenvalue weighted by atomic mass is 32.2. The molecule has 2 heterocycles. The summed E-state index contributed by atoms with van der Waals surface area (Å²) in [5, 5.41) is 3.29. The molecule has 1 aromatic carbocycles. The summed E-state index contributed by atoms with van der Waals surface area (Å²) in [5.41, 5.74) is 2.41. The highest BCUT2D eigenvalue weighted by molar-refractivity contribution is 7.91. The molecule has 0 amide bonds. The van der Waals surface area contributed by atoms with Gasteiger partial charge >= 0.3 is 0 Å². The molecule has 1 aliphatic rings. The van der Waals surface area contributed by atoms with Crippen LogP contribution in [0.15, 0.2) is 36.7 Å². The molecule has 1 saturated heterocycles. The van der Waals surface area contributed by atoms with Crippen molar-refractivity contribution >= 4 is 21.5 Å². The molecule has 6 nitrogen and oxygen atoms in total. The molecule has 1 atom stereocenters. The van der Waals surface area contributed by atoms with E-state index < -0.39 is 9.84 Å². The van der Waals surface area contributed by atoms with Gasteiger partial charge in [-0.1, -0.05) is 29.8 Å². The molecule has 0 saturated carbocycles. The summed E-state index contributed by atoms with van der Waals surface area (Å²) in [4.78, 5) is 10.5. The second kappa shape index (κ2) is 6.76. The minimum atomic E-state index is -2.91. The normalized spacial score (nSPS) is 19.2. The molecular formula is C17H22N4O2S. The second-order valence-electron chi connectivity index (χ2n) is 6.27. The van der Waals surface area contributed by atoms with Crippen molar-refractivity contribution < 1.29 is 8.42 Å². The Labute approximate surface area is 142 Å². The van der Waals surface area contributed by atoms with Crippen LogP contribution in [0.5, 0.6) is 0 Å². The zero-order valence-electron chi connectivity index (χ0n) is 13.9. The van der Waals surface area contributed by atoms with E-state index in [1.807, 2.05) is 18.0 Å². The van der Waals surface area contributed by atoms with Crippen LogP contribution in [0.2, 0.25) is 0 Å². The van der Waals surface area contributed by atoms with E-state index in [4.69, 9.17) is 0 Å². The van der Waals surface area contributed by atoms with Gasteiger partial charge in [0.25, 0.3) is 0 Å². The zero-order valence-corrected chi connectivity index (χ0v) is 14.8. The Morgan fingerprint density at radius 1 is 1.25 bits per heavy atom. The molecule has 1 N–H and O–H groups in total. The SMILES string of the molecule is Cc1ccc(CNc2cc(N(C)C3CCS(=O)(=O)C3)ncn2)cc1. The molecule has 0 bridgehead atoms. The van der Waals surface area contributed by atoms with E-state index in [1.54, 1.807) is 0 Å². The Morgan fingerprint density at radius 2 is 2.00 bits per heavy atom. The van der Waals surface area contributed by atoms with Gasteiger partial charge in [0.1, 0.15) is 18.0 Å². The van der Waals surface area contributed by atoms with Crippen LogP contribution in [-0.4, -0.2) is 43.0 Å². The number of sulfone groups is 1. The Balaban J connectivity index is 1.66. The van der Waals surface area contributed by atoms with Crippen LogP contribution < -0.4 is 10.2 Å². The van der Waals surface area contributed by atoms with Crippen LogP contribution in [0, 0.1) is 6.92 Å². The lowest BCUT2D eigenvalue weighted by atomic mass is 10.1. The number of rotatable bonds is 5. The lowest BCUT2D eigenvalue weighted by Crippen LogP contribution is -2.33. The van der Waals surface area contributed by atoms with Gasteiger partial charge in [-0.05, 0) is 18.9 Å². The molecule has 2 aromatic rings. The van der Waals surface area contributed by atoms with Gasteiger partial charge in [-0.15, -0.1) is 0 Å². The third kappa shape index (κ3) is 4.03. The fraction of sp³-hybridized carbons (Fsp3) is 0.412. The molecule has 0 spiro atoms. The lowest BCUT2D eigenvalue weighted by Gasteiger charge is -2.24. The average Bonchev–Trinajstić information content (AvgIpc) is 2.94. The number of benzene rings is 1. The van der Waals surface area contributed by atoms with Gasteiger partial charge in [-0.25, -0.2) is 18.4 Å². The zero-order chi connectivity index (χ0) is 17.2. The van der Waals surface area contributed by atoms with E-state index in [0.29, 0.717) is 13.0 Å². The van der Waals surface area contributed by atoms with Crippen molar-refractivity contribution in [2.45, 2.75) is 25.9 Å². The van der Waals surface area contributed by atoms with E-state index in [-0.39, 0.29) is 17.5 Å². The summed E-state index contributed by atoms with van der Waals surface area (Å²) in [6.07, 6.45) is 2.15. The van der Waals surface area contributed by atoms with Gasteiger partial charge < -0.3 is 10.2 Å². The first kappa shape index (κ1) is 16.7. The summed E-state index contributed by atoms with van der Waals surface area (Å²) in [7, 11) is -1.02. The molecule has 0 radical (unpaired) electrons. The molecular weight excluding hydrogens is 324 g/mol. The summed E-state index contributed by atoms with van der Waals surface area (Å²) < 4.78 is 23.3. The lowest BCUT2D eigenvalue weighted by molar-refractivity contribution is 0.600. The molecule has 0 aliphatic carbocycles. The van der Waals surface area contributed by atoms with Crippen LogP contribution in [0.4, 0.5) is 11.6 Å². The van der Waals surface area contributed by atoms with Crippen LogP contribution in [0.1, 0.15) is 17.5 Å². The maximum Gasteiger partial charge on any atom is 0.152 e. The van der Waals surface area contributed by atoms with E-state index in [9.17, 15) is 8.42 Å². The molecule has 1 fully saturated rings. The first-order valence-electron chi connectivity index (χ1n) is 7.98. The fourth-order valence-electron chi connectivity index (χ4n) is 2.80. The quantitative estimate of drug-likeness (QED) is 0.893. The summed E-state index contributed by atoms with van der Waals surface area (Å²) in [5.74, 6) is 1.91. The molecule has 1 aliphatic heterocycles. The van der Waals surface area contributed by atoms with Gasteiger partial charge in [-0.2, -0.15) is 0 Å². The van der Waals surface area contributed by atoms with Gasteiger partial charge in [-0.3, -0.25) is 0 Å². The Morgan fingerprint density at radius 3 is 2.67 bits per heavy atom. The van der Waals surface area contributed by atoms with Crippen molar-refractivity contribution in [2.24, 2.45) is 0 Å². The van der Waals surface area contributed by atoms with Gasteiger partial charge in [0, 0.05) is 25.7 Å². The average molecular weight is 346 g/mol. The largest absolute Gasteiger partial charge is 0.366 e. The monoisotopic (exact) mass is 346 g/mol. The molecule has 1 aromatic heterocycles. The van der Waals surface area contributed by atoms with Gasteiger partial charge in [0.15, 0.2) is 9.84 Å². The number of nitrogens with zero attached hydrogens (tertiary/aromatic N) is 3. The maximum absolute atomic E-state index is 11.7. The predicted octanol–water partition coefficient (Wildman–Crippen LogP) is 2.02. The van der Waals surface area contributed by atoms with E-state index in [2.05, 4.69) is 46.5 Å². The minimum Gasteiger partial charge on any atom is -0.366 e. The van der Waals surface area contributed by atoms with Crippen LogP contribution in [-0.2, 0) is 16.4 Å². The molecule has 24 heavy (non-hydrogen) atoms. The van der Waals surface area contributed by atoms with Crippen molar-refractivity contribution in [3.8, 4) is 0 Å². The third-order valence-corrected chi connectivity index (χ3v) is 6.11.